The smallest absolute Gasteiger partial charge is 0.264 e. The Labute approximate surface area is 146 Å². The second kappa shape index (κ2) is 7.34. The van der Waals surface area contributed by atoms with Crippen LogP contribution in [0.2, 0.25) is 0 Å². The van der Waals surface area contributed by atoms with Crippen LogP contribution in [-0.2, 0) is 16.2 Å². The van der Waals surface area contributed by atoms with Crippen molar-refractivity contribution in [3.63, 3.8) is 0 Å². The van der Waals surface area contributed by atoms with E-state index in [4.69, 9.17) is 9.57 Å². The number of nitrogens with zero attached hydrogens (tertiary/aromatic N) is 2. The molecule has 0 aliphatic carbocycles. The topological polar surface area (TPSA) is 72.8 Å². The van der Waals surface area contributed by atoms with Gasteiger partial charge in [0.15, 0.2) is 0 Å². The molecule has 1 atom stereocenters. The number of methoxy groups -OCH3 is 1. The summed E-state index contributed by atoms with van der Waals surface area (Å²) in [6.07, 6.45) is 1.60. The van der Waals surface area contributed by atoms with Gasteiger partial charge in [0, 0.05) is 23.7 Å². The summed E-state index contributed by atoms with van der Waals surface area (Å²) in [5, 5.41) is 6.91. The fourth-order valence-corrected chi connectivity index (χ4v) is 2.85. The van der Waals surface area contributed by atoms with Crippen molar-refractivity contribution in [3.8, 4) is 5.75 Å². The van der Waals surface area contributed by atoms with Crippen LogP contribution in [0.1, 0.15) is 28.8 Å². The third-order valence-electron chi connectivity index (χ3n) is 4.25. The van der Waals surface area contributed by atoms with Gasteiger partial charge in [0.1, 0.15) is 5.75 Å². The van der Waals surface area contributed by atoms with Crippen molar-refractivity contribution in [1.82, 2.24) is 10.3 Å². The number of aromatic nitrogens is 1. The molecule has 6 nitrogen and oxygen atoms in total. The van der Waals surface area contributed by atoms with Crippen molar-refractivity contribution in [2.45, 2.75) is 32.9 Å². The van der Waals surface area contributed by atoms with Crippen molar-refractivity contribution in [2.75, 3.05) is 7.11 Å². The summed E-state index contributed by atoms with van der Waals surface area (Å²) < 4.78 is 5.39. The van der Waals surface area contributed by atoms with Crippen LogP contribution in [0.15, 0.2) is 41.7 Å². The van der Waals surface area contributed by atoms with Crippen molar-refractivity contribution < 1.29 is 14.4 Å². The first-order chi connectivity index (χ1) is 12.1. The number of hydrogen-bond acceptors (Lipinski definition) is 5. The zero-order valence-electron chi connectivity index (χ0n) is 14.6. The molecular weight excluding hydrogens is 318 g/mol. The van der Waals surface area contributed by atoms with Crippen LogP contribution in [0, 0.1) is 13.8 Å². The molecule has 0 fully saturated rings. The molecule has 1 aromatic heterocycles. The average Bonchev–Trinajstić information content (AvgIpc) is 3.12. The van der Waals surface area contributed by atoms with Crippen LogP contribution in [0.4, 0.5) is 0 Å². The summed E-state index contributed by atoms with van der Waals surface area (Å²) >= 11 is 0. The van der Waals surface area contributed by atoms with Crippen LogP contribution in [0.3, 0.4) is 0 Å². The number of carbonyl (C=O) groups excluding carboxylic acids is 1. The Bertz CT molecular complexity index is 803. The molecule has 2 heterocycles. The van der Waals surface area contributed by atoms with Crippen molar-refractivity contribution in [1.29, 1.82) is 0 Å². The second-order valence-corrected chi connectivity index (χ2v) is 5.97. The normalized spacial score (nSPS) is 16.1. The molecule has 1 amide bonds. The molecule has 0 spiro atoms. The largest absolute Gasteiger partial charge is 0.496 e. The second-order valence-electron chi connectivity index (χ2n) is 5.97. The van der Waals surface area contributed by atoms with Gasteiger partial charge in [-0.2, -0.15) is 0 Å². The number of rotatable bonds is 5. The van der Waals surface area contributed by atoms with Crippen LogP contribution < -0.4 is 10.1 Å². The maximum Gasteiger partial charge on any atom is 0.264 e. The van der Waals surface area contributed by atoms with Crippen molar-refractivity contribution in [2.24, 2.45) is 5.16 Å². The van der Waals surface area contributed by atoms with Gasteiger partial charge >= 0.3 is 0 Å². The molecule has 1 aromatic carbocycles. The lowest BCUT2D eigenvalue weighted by Crippen LogP contribution is -2.34. The lowest BCUT2D eigenvalue weighted by atomic mass is 10.0. The Morgan fingerprint density at radius 1 is 1.32 bits per heavy atom. The van der Waals surface area contributed by atoms with Gasteiger partial charge in [-0.05, 0) is 19.4 Å². The van der Waals surface area contributed by atoms with E-state index in [0.29, 0.717) is 13.0 Å². The highest BCUT2D eigenvalue weighted by Gasteiger charge is 2.28. The van der Waals surface area contributed by atoms with Crippen molar-refractivity contribution in [3.05, 3.63) is 58.9 Å². The molecular formula is C19H21N3O3. The number of aryl methyl sites for hydroxylation is 1. The predicted octanol–water partition coefficient (Wildman–Crippen LogP) is 2.52. The van der Waals surface area contributed by atoms with E-state index in [1.165, 1.54) is 0 Å². The number of carbonyl (C=O) groups is 1. The van der Waals surface area contributed by atoms with E-state index in [1.54, 1.807) is 13.3 Å². The number of pyridine rings is 1. The minimum atomic E-state index is -0.608. The first-order valence-corrected chi connectivity index (χ1v) is 8.15. The van der Waals surface area contributed by atoms with E-state index in [0.717, 1.165) is 33.8 Å². The summed E-state index contributed by atoms with van der Waals surface area (Å²) in [7, 11) is 1.63. The summed E-state index contributed by atoms with van der Waals surface area (Å²) in [6.45, 7) is 4.20. The molecule has 0 unspecified atom stereocenters. The zero-order chi connectivity index (χ0) is 17.8. The quantitative estimate of drug-likeness (QED) is 0.908. The maximum absolute atomic E-state index is 12.4. The van der Waals surface area contributed by atoms with Crippen LogP contribution in [0.5, 0.6) is 5.75 Å². The summed E-state index contributed by atoms with van der Waals surface area (Å²) in [5.74, 6) is 0.599. The minimum Gasteiger partial charge on any atom is -0.496 e. The molecule has 1 N–H and O–H groups in total. The van der Waals surface area contributed by atoms with Gasteiger partial charge in [-0.3, -0.25) is 9.78 Å². The molecule has 3 rings (SSSR count). The van der Waals surface area contributed by atoms with Gasteiger partial charge in [0.25, 0.3) is 5.91 Å². The Kier molecular flexibility index (Phi) is 4.97. The standard InChI is InChI=1S/C19H21N3O3/c1-12-10-20-16(13(2)18(12)24-3)11-21-19(23)17-9-15(22-25-17)14-7-5-4-6-8-14/h4-8,10,17H,9,11H2,1-3H3,(H,21,23)/t17-/m1/s1. The maximum atomic E-state index is 12.4. The Hall–Kier alpha value is -2.89. The Morgan fingerprint density at radius 3 is 2.80 bits per heavy atom. The number of ether oxygens (including phenoxy) is 1. The van der Waals surface area contributed by atoms with Gasteiger partial charge in [-0.1, -0.05) is 35.5 Å². The third-order valence-corrected chi connectivity index (χ3v) is 4.25. The molecule has 0 saturated heterocycles. The molecule has 130 valence electrons. The van der Waals surface area contributed by atoms with Gasteiger partial charge in [0.05, 0.1) is 25.1 Å². The Morgan fingerprint density at radius 2 is 2.08 bits per heavy atom. The molecule has 0 saturated carbocycles. The lowest BCUT2D eigenvalue weighted by molar-refractivity contribution is -0.131. The highest BCUT2D eigenvalue weighted by molar-refractivity contribution is 6.04. The van der Waals surface area contributed by atoms with Crippen LogP contribution in [-0.4, -0.2) is 29.8 Å². The third kappa shape index (κ3) is 3.63. The number of benzene rings is 1. The molecule has 1 aliphatic heterocycles. The molecule has 0 radical (unpaired) electrons. The van der Waals surface area contributed by atoms with Crippen LogP contribution >= 0.6 is 0 Å². The minimum absolute atomic E-state index is 0.199. The lowest BCUT2D eigenvalue weighted by Gasteiger charge is -2.14. The number of hydrogen-bond donors (Lipinski definition) is 1. The highest BCUT2D eigenvalue weighted by Crippen LogP contribution is 2.24. The van der Waals surface area contributed by atoms with E-state index in [-0.39, 0.29) is 5.91 Å². The Balaban J connectivity index is 1.60. The first-order valence-electron chi connectivity index (χ1n) is 8.15. The highest BCUT2D eigenvalue weighted by atomic mass is 16.6. The van der Waals surface area contributed by atoms with Gasteiger partial charge in [-0.15, -0.1) is 0 Å². The monoisotopic (exact) mass is 339 g/mol. The molecule has 1 aliphatic rings. The van der Waals surface area contributed by atoms with Crippen molar-refractivity contribution >= 4 is 11.6 Å². The SMILES string of the molecule is COc1c(C)cnc(CNC(=O)[C@H]2CC(c3ccccc3)=NO2)c1C. The van der Waals surface area contributed by atoms with E-state index in [1.807, 2.05) is 44.2 Å². The number of oxime groups is 1. The number of amides is 1. The average molecular weight is 339 g/mol. The molecule has 25 heavy (non-hydrogen) atoms. The molecule has 0 bridgehead atoms. The fraction of sp³-hybridized carbons (Fsp3) is 0.316. The van der Waals surface area contributed by atoms with Gasteiger partial charge in [0.2, 0.25) is 6.10 Å². The zero-order valence-corrected chi connectivity index (χ0v) is 14.6. The van der Waals surface area contributed by atoms with E-state index >= 15 is 0 Å². The predicted molar refractivity (Wildman–Crippen MR) is 94.6 cm³/mol. The van der Waals surface area contributed by atoms with Gasteiger partial charge in [-0.25, -0.2) is 0 Å². The van der Waals surface area contributed by atoms with E-state index < -0.39 is 6.10 Å². The summed E-state index contributed by atoms with van der Waals surface area (Å²) in [6, 6.07) is 9.72. The number of nitrogens with one attached hydrogen (secondary N) is 1. The van der Waals surface area contributed by atoms with Crippen LogP contribution in [0.25, 0.3) is 0 Å². The first kappa shape index (κ1) is 17.0. The molecule has 6 heteroatoms. The fourth-order valence-electron chi connectivity index (χ4n) is 2.85. The van der Waals surface area contributed by atoms with E-state index in [2.05, 4.69) is 15.5 Å². The van der Waals surface area contributed by atoms with Gasteiger partial charge < -0.3 is 14.9 Å². The van der Waals surface area contributed by atoms with E-state index in [9.17, 15) is 4.79 Å². The molecule has 2 aromatic rings. The summed E-state index contributed by atoms with van der Waals surface area (Å²) in [4.78, 5) is 22.0. The summed E-state index contributed by atoms with van der Waals surface area (Å²) in [5.41, 5.74) is 4.43.